The number of piperazine rings is 1. The fraction of sp³-hybridized carbons (Fsp3) is 0.529. The Morgan fingerprint density at radius 3 is 2.38 bits per heavy atom. The summed E-state index contributed by atoms with van der Waals surface area (Å²) in [5, 5.41) is 0. The van der Waals surface area contributed by atoms with Crippen LogP contribution in [0.15, 0.2) is 30.3 Å². The predicted molar refractivity (Wildman–Crippen MR) is 92.5 cm³/mol. The van der Waals surface area contributed by atoms with Gasteiger partial charge in [0, 0.05) is 44.3 Å². The molecule has 0 saturated carbocycles. The van der Waals surface area contributed by atoms with Crippen molar-refractivity contribution in [3.05, 3.63) is 30.3 Å². The fourth-order valence-electron chi connectivity index (χ4n) is 2.52. The van der Waals surface area contributed by atoms with Crippen LogP contribution in [0.25, 0.3) is 0 Å². The minimum absolute atomic E-state index is 0.000734. The number of nitrogens with zero attached hydrogens (tertiary/aromatic N) is 2. The summed E-state index contributed by atoms with van der Waals surface area (Å²) in [5.41, 5.74) is 7.19. The molecule has 1 heterocycles. The molecular weight excluding hydrogens is 308 g/mol. The van der Waals surface area contributed by atoms with Crippen molar-refractivity contribution in [1.82, 2.24) is 15.2 Å². The highest BCUT2D eigenvalue weighted by Gasteiger charge is 2.25. The molecule has 7 nitrogen and oxygen atoms in total. The lowest BCUT2D eigenvalue weighted by molar-refractivity contribution is -0.133. The Labute approximate surface area is 142 Å². The summed E-state index contributed by atoms with van der Waals surface area (Å²) in [4.78, 5) is 27.4. The van der Waals surface area contributed by atoms with Gasteiger partial charge in [0.05, 0.1) is 6.61 Å². The molecule has 0 aliphatic carbocycles. The summed E-state index contributed by atoms with van der Waals surface area (Å²) in [6.45, 7) is 6.27. The van der Waals surface area contributed by atoms with Crippen LogP contribution in [-0.4, -0.2) is 60.6 Å². The molecule has 1 aliphatic rings. The van der Waals surface area contributed by atoms with Crippen LogP contribution >= 0.6 is 0 Å². The lowest BCUT2D eigenvalue weighted by Crippen LogP contribution is -2.51. The van der Waals surface area contributed by atoms with E-state index >= 15 is 0 Å². The van der Waals surface area contributed by atoms with E-state index in [1.54, 1.807) is 16.7 Å². The third kappa shape index (κ3) is 5.42. The van der Waals surface area contributed by atoms with Crippen LogP contribution in [0.2, 0.25) is 0 Å². The van der Waals surface area contributed by atoms with Crippen molar-refractivity contribution < 1.29 is 14.3 Å². The number of anilines is 1. The van der Waals surface area contributed by atoms with E-state index in [-0.39, 0.29) is 18.0 Å². The SMILES string of the molecule is CCOC(=O)N1CCN(C(=O)CC(C)NNc2ccccc2)CC1. The van der Waals surface area contributed by atoms with Crippen LogP contribution in [0.1, 0.15) is 20.3 Å². The van der Waals surface area contributed by atoms with Gasteiger partial charge in [-0.2, -0.15) is 0 Å². The molecule has 1 aromatic carbocycles. The Hall–Kier alpha value is -2.28. The smallest absolute Gasteiger partial charge is 0.409 e. The van der Waals surface area contributed by atoms with Crippen LogP contribution in [0.4, 0.5) is 10.5 Å². The molecule has 24 heavy (non-hydrogen) atoms. The second kappa shape index (κ2) is 9.12. The van der Waals surface area contributed by atoms with E-state index in [4.69, 9.17) is 4.74 Å². The highest BCUT2D eigenvalue weighted by atomic mass is 16.6. The average molecular weight is 334 g/mol. The second-order valence-electron chi connectivity index (χ2n) is 5.81. The number of carbonyl (C=O) groups excluding carboxylic acids is 2. The fourth-order valence-corrected chi connectivity index (χ4v) is 2.52. The number of carbonyl (C=O) groups is 2. The van der Waals surface area contributed by atoms with E-state index in [9.17, 15) is 9.59 Å². The quantitative estimate of drug-likeness (QED) is 0.775. The second-order valence-corrected chi connectivity index (χ2v) is 5.81. The monoisotopic (exact) mass is 334 g/mol. The molecule has 1 fully saturated rings. The number of hydrogen-bond donors (Lipinski definition) is 2. The van der Waals surface area contributed by atoms with Crippen molar-refractivity contribution in [2.75, 3.05) is 38.2 Å². The minimum Gasteiger partial charge on any atom is -0.450 e. The molecule has 0 bridgehead atoms. The van der Waals surface area contributed by atoms with Gasteiger partial charge in [-0.15, -0.1) is 0 Å². The summed E-state index contributed by atoms with van der Waals surface area (Å²) < 4.78 is 4.98. The van der Waals surface area contributed by atoms with Crippen LogP contribution in [0.5, 0.6) is 0 Å². The number of amides is 2. The van der Waals surface area contributed by atoms with E-state index in [1.165, 1.54) is 0 Å². The van der Waals surface area contributed by atoms with Gasteiger partial charge in [0.1, 0.15) is 0 Å². The molecule has 2 amide bonds. The molecule has 1 aromatic rings. The van der Waals surface area contributed by atoms with Gasteiger partial charge >= 0.3 is 6.09 Å². The molecule has 0 radical (unpaired) electrons. The standard InChI is InChI=1S/C17H26N4O3/c1-3-24-17(23)21-11-9-20(10-12-21)16(22)13-14(2)18-19-15-7-5-4-6-8-15/h4-8,14,18-19H,3,9-13H2,1-2H3. The first-order valence-corrected chi connectivity index (χ1v) is 8.36. The highest BCUT2D eigenvalue weighted by molar-refractivity contribution is 5.77. The molecule has 132 valence electrons. The first-order valence-electron chi connectivity index (χ1n) is 8.36. The van der Waals surface area contributed by atoms with Crippen LogP contribution in [0, 0.1) is 0 Å². The number of para-hydroxylation sites is 1. The van der Waals surface area contributed by atoms with E-state index in [0.717, 1.165) is 5.69 Å². The summed E-state index contributed by atoms with van der Waals surface area (Å²) in [6.07, 6.45) is 0.103. The number of nitrogens with one attached hydrogen (secondary N) is 2. The zero-order valence-electron chi connectivity index (χ0n) is 14.3. The molecule has 1 unspecified atom stereocenters. The van der Waals surface area contributed by atoms with Crippen LogP contribution in [0.3, 0.4) is 0 Å². The van der Waals surface area contributed by atoms with Gasteiger partial charge in [0.25, 0.3) is 0 Å². The molecule has 0 aromatic heterocycles. The molecule has 7 heteroatoms. The van der Waals surface area contributed by atoms with Crippen molar-refractivity contribution in [2.24, 2.45) is 0 Å². The van der Waals surface area contributed by atoms with Gasteiger partial charge in [0.15, 0.2) is 0 Å². The zero-order chi connectivity index (χ0) is 17.4. The Balaban J connectivity index is 1.70. The van der Waals surface area contributed by atoms with Crippen molar-refractivity contribution in [1.29, 1.82) is 0 Å². The topological polar surface area (TPSA) is 73.9 Å². The Bertz CT molecular complexity index is 530. The van der Waals surface area contributed by atoms with E-state index in [2.05, 4.69) is 10.9 Å². The molecular formula is C17H26N4O3. The third-order valence-electron chi connectivity index (χ3n) is 3.88. The van der Waals surface area contributed by atoms with Gasteiger partial charge in [-0.3, -0.25) is 4.79 Å². The maximum atomic E-state index is 12.3. The summed E-state index contributed by atoms with van der Waals surface area (Å²) >= 11 is 0. The third-order valence-corrected chi connectivity index (χ3v) is 3.88. The largest absolute Gasteiger partial charge is 0.450 e. The first-order chi connectivity index (χ1) is 11.6. The first kappa shape index (κ1) is 18.1. The van der Waals surface area contributed by atoms with Crippen molar-refractivity contribution >= 4 is 17.7 Å². The zero-order valence-corrected chi connectivity index (χ0v) is 14.3. The van der Waals surface area contributed by atoms with Crippen molar-refractivity contribution in [3.8, 4) is 0 Å². The van der Waals surface area contributed by atoms with Gasteiger partial charge < -0.3 is 20.0 Å². The lowest BCUT2D eigenvalue weighted by Gasteiger charge is -2.34. The van der Waals surface area contributed by atoms with E-state index < -0.39 is 0 Å². The number of benzene rings is 1. The molecule has 2 N–H and O–H groups in total. The van der Waals surface area contributed by atoms with Gasteiger partial charge in [0.2, 0.25) is 5.91 Å². The Kier molecular flexibility index (Phi) is 6.87. The van der Waals surface area contributed by atoms with Gasteiger partial charge in [-0.25, -0.2) is 10.2 Å². The van der Waals surface area contributed by atoms with Crippen molar-refractivity contribution in [3.63, 3.8) is 0 Å². The van der Waals surface area contributed by atoms with Crippen LogP contribution < -0.4 is 10.9 Å². The number of hydrogen-bond acceptors (Lipinski definition) is 5. The number of hydrazine groups is 1. The van der Waals surface area contributed by atoms with Gasteiger partial charge in [-0.05, 0) is 26.0 Å². The van der Waals surface area contributed by atoms with Gasteiger partial charge in [-0.1, -0.05) is 18.2 Å². The molecule has 1 atom stereocenters. The van der Waals surface area contributed by atoms with E-state index in [1.807, 2.05) is 37.3 Å². The molecule has 2 rings (SSSR count). The van der Waals surface area contributed by atoms with Crippen LogP contribution in [-0.2, 0) is 9.53 Å². The molecule has 0 spiro atoms. The average Bonchev–Trinajstić information content (AvgIpc) is 2.61. The summed E-state index contributed by atoms with van der Waals surface area (Å²) in [5.74, 6) is 0.0911. The van der Waals surface area contributed by atoms with Crippen molar-refractivity contribution in [2.45, 2.75) is 26.3 Å². The maximum absolute atomic E-state index is 12.3. The normalized spacial score (nSPS) is 15.8. The minimum atomic E-state index is -0.299. The number of rotatable bonds is 6. The summed E-state index contributed by atoms with van der Waals surface area (Å²) in [6, 6.07) is 9.76. The number of ether oxygens (including phenoxy) is 1. The highest BCUT2D eigenvalue weighted by Crippen LogP contribution is 2.08. The molecule has 1 saturated heterocycles. The Morgan fingerprint density at radius 1 is 1.12 bits per heavy atom. The predicted octanol–water partition coefficient (Wildman–Crippen LogP) is 1.68. The lowest BCUT2D eigenvalue weighted by atomic mass is 10.2. The maximum Gasteiger partial charge on any atom is 0.409 e. The van der Waals surface area contributed by atoms with E-state index in [0.29, 0.717) is 39.2 Å². The summed E-state index contributed by atoms with van der Waals surface area (Å²) in [7, 11) is 0. The molecule has 1 aliphatic heterocycles. The Morgan fingerprint density at radius 2 is 1.75 bits per heavy atom.